The third-order valence-corrected chi connectivity index (χ3v) is 7.69. The molecule has 0 unspecified atom stereocenters. The lowest BCUT2D eigenvalue weighted by atomic mass is 9.86. The van der Waals surface area contributed by atoms with Crippen LogP contribution in [-0.4, -0.2) is 48.8 Å². The number of benzene rings is 1. The van der Waals surface area contributed by atoms with Crippen LogP contribution in [-0.2, 0) is 15.9 Å². The highest BCUT2D eigenvalue weighted by atomic mass is 32.2. The lowest BCUT2D eigenvalue weighted by molar-refractivity contribution is 0.00206. The zero-order chi connectivity index (χ0) is 22.8. The van der Waals surface area contributed by atoms with E-state index in [-0.39, 0.29) is 23.3 Å². The molecule has 0 amide bonds. The van der Waals surface area contributed by atoms with Crippen LogP contribution in [0.3, 0.4) is 0 Å². The number of anilines is 1. The molecule has 1 saturated carbocycles. The molecule has 2 heterocycles. The van der Waals surface area contributed by atoms with Gasteiger partial charge in [0.1, 0.15) is 17.8 Å². The minimum Gasteiger partial charge on any atom is -0.356 e. The third kappa shape index (κ3) is 5.07. The molecule has 2 N–H and O–H groups in total. The summed E-state index contributed by atoms with van der Waals surface area (Å²) in [7, 11) is -1.81. The quantitative estimate of drug-likeness (QED) is 0.532. The summed E-state index contributed by atoms with van der Waals surface area (Å²) in [4.78, 5) is 13.8. The van der Waals surface area contributed by atoms with Crippen molar-refractivity contribution in [3.05, 3.63) is 54.5 Å². The van der Waals surface area contributed by atoms with Gasteiger partial charge in [-0.1, -0.05) is 30.3 Å². The van der Waals surface area contributed by atoms with Gasteiger partial charge in [0.2, 0.25) is 10.0 Å². The number of aromatic amines is 1. The van der Waals surface area contributed by atoms with Crippen molar-refractivity contribution in [2.45, 2.75) is 37.6 Å². The molecule has 3 aromatic rings. The normalized spacial score (nSPS) is 19.8. The van der Waals surface area contributed by atoms with Gasteiger partial charge < -0.3 is 9.88 Å². The van der Waals surface area contributed by atoms with E-state index in [1.54, 1.807) is 6.07 Å². The van der Waals surface area contributed by atoms with Crippen LogP contribution in [0.15, 0.2) is 48.9 Å². The molecule has 0 saturated heterocycles. The zero-order valence-electron chi connectivity index (χ0n) is 17.8. The van der Waals surface area contributed by atoms with Crippen LogP contribution in [0.25, 0.3) is 11.0 Å². The number of hydrogen-bond acceptors (Lipinski definition) is 5. The van der Waals surface area contributed by atoms with E-state index in [1.165, 1.54) is 30.6 Å². The highest BCUT2D eigenvalue weighted by Crippen LogP contribution is 2.32. The second-order valence-corrected chi connectivity index (χ2v) is 10.2. The Balaban J connectivity index is 1.31. The van der Waals surface area contributed by atoms with Crippen molar-refractivity contribution in [1.82, 2.24) is 19.7 Å². The van der Waals surface area contributed by atoms with E-state index in [4.69, 9.17) is 0 Å². The van der Waals surface area contributed by atoms with Gasteiger partial charge in [0.05, 0.1) is 17.7 Å². The highest BCUT2D eigenvalue weighted by molar-refractivity contribution is 7.89. The molecular formula is C22H27F2N5O2S. The fourth-order valence-electron chi connectivity index (χ4n) is 4.37. The number of nitrogens with one attached hydrogen (secondary N) is 2. The smallest absolute Gasteiger partial charge is 0.286 e. The molecule has 2 aromatic heterocycles. The van der Waals surface area contributed by atoms with Gasteiger partial charge in [-0.05, 0) is 37.7 Å². The Bertz CT molecular complexity index is 1150. The maximum Gasteiger partial charge on any atom is 0.286 e. The Kier molecular flexibility index (Phi) is 6.43. The predicted molar refractivity (Wildman–Crippen MR) is 120 cm³/mol. The van der Waals surface area contributed by atoms with Gasteiger partial charge >= 0.3 is 0 Å². The van der Waals surface area contributed by atoms with Crippen molar-refractivity contribution in [3.8, 4) is 0 Å². The van der Waals surface area contributed by atoms with Crippen molar-refractivity contribution in [3.63, 3.8) is 0 Å². The average molecular weight is 464 g/mol. The number of rotatable bonds is 8. The van der Waals surface area contributed by atoms with Crippen LogP contribution in [0, 0.1) is 5.92 Å². The molecule has 0 radical (unpaired) electrons. The summed E-state index contributed by atoms with van der Waals surface area (Å²) in [5.41, 5.74) is 0.576. The van der Waals surface area contributed by atoms with Crippen molar-refractivity contribution >= 4 is 26.9 Å². The molecule has 0 spiro atoms. The number of fused-ring (bicyclic) bond motifs is 1. The van der Waals surface area contributed by atoms with E-state index >= 15 is 0 Å². The molecule has 1 aromatic carbocycles. The first kappa shape index (κ1) is 22.6. The van der Waals surface area contributed by atoms with Crippen molar-refractivity contribution in [1.29, 1.82) is 0 Å². The average Bonchev–Trinajstić information content (AvgIpc) is 3.27. The van der Waals surface area contributed by atoms with E-state index in [0.717, 1.165) is 29.7 Å². The van der Waals surface area contributed by atoms with Gasteiger partial charge in [0, 0.05) is 24.8 Å². The van der Waals surface area contributed by atoms with Crippen LogP contribution < -0.4 is 9.62 Å². The van der Waals surface area contributed by atoms with Gasteiger partial charge in [0.15, 0.2) is 0 Å². The minimum absolute atomic E-state index is 0.0554. The first-order valence-corrected chi connectivity index (χ1v) is 12.3. The standard InChI is InChI=1S/C22H27F2N5O2S/c1-29(21-19-11-12-25-20(19)26-15-27-21)18-9-7-16(8-10-18)13-32(30,31)28-14-22(23,24)17-5-3-2-4-6-17/h2-6,11-12,15-16,18,28H,7-10,13-14H2,1H3,(H,25,26,27). The number of alkyl halides is 2. The van der Waals surface area contributed by atoms with E-state index in [1.807, 2.05) is 19.3 Å². The highest BCUT2D eigenvalue weighted by Gasteiger charge is 2.34. The molecule has 0 atom stereocenters. The molecule has 1 aliphatic rings. The molecule has 0 bridgehead atoms. The lowest BCUT2D eigenvalue weighted by Gasteiger charge is -2.35. The fraction of sp³-hybridized carbons (Fsp3) is 0.455. The Hall–Kier alpha value is -2.59. The molecule has 10 heteroatoms. The Morgan fingerprint density at radius 2 is 1.84 bits per heavy atom. The topological polar surface area (TPSA) is 91.0 Å². The maximum atomic E-state index is 14.3. The van der Waals surface area contributed by atoms with Gasteiger partial charge in [-0.25, -0.2) is 23.1 Å². The monoisotopic (exact) mass is 463 g/mol. The lowest BCUT2D eigenvalue weighted by Crippen LogP contribution is -2.40. The molecule has 32 heavy (non-hydrogen) atoms. The molecular weight excluding hydrogens is 436 g/mol. The largest absolute Gasteiger partial charge is 0.356 e. The predicted octanol–water partition coefficient (Wildman–Crippen LogP) is 3.66. The summed E-state index contributed by atoms with van der Waals surface area (Å²) in [5, 5.41) is 0.947. The van der Waals surface area contributed by atoms with Crippen LogP contribution in [0.2, 0.25) is 0 Å². The van der Waals surface area contributed by atoms with Gasteiger partial charge in [-0.3, -0.25) is 0 Å². The Labute approximate surface area is 186 Å². The van der Waals surface area contributed by atoms with Crippen LogP contribution in [0.4, 0.5) is 14.6 Å². The summed E-state index contributed by atoms with van der Waals surface area (Å²) in [6.07, 6.45) is 6.41. The zero-order valence-corrected chi connectivity index (χ0v) is 18.7. The summed E-state index contributed by atoms with van der Waals surface area (Å²) in [6.45, 7) is -0.933. The molecule has 7 nitrogen and oxygen atoms in total. The first-order chi connectivity index (χ1) is 15.3. The third-order valence-electron chi connectivity index (χ3n) is 6.20. The number of H-pyrrole nitrogens is 1. The van der Waals surface area contributed by atoms with Crippen LogP contribution in [0.5, 0.6) is 0 Å². The number of nitrogens with zero attached hydrogens (tertiary/aromatic N) is 3. The summed E-state index contributed by atoms with van der Waals surface area (Å²) < 4.78 is 55.6. The van der Waals surface area contributed by atoms with Crippen molar-refractivity contribution in [2.75, 3.05) is 24.2 Å². The van der Waals surface area contributed by atoms with Gasteiger partial charge in [-0.2, -0.15) is 8.78 Å². The van der Waals surface area contributed by atoms with E-state index in [9.17, 15) is 17.2 Å². The second kappa shape index (κ2) is 9.11. The summed E-state index contributed by atoms with van der Waals surface area (Å²) >= 11 is 0. The SMILES string of the molecule is CN(c1ncnc2[nH]ccc12)C1CCC(CS(=O)(=O)NCC(F)(F)c2ccccc2)CC1. The second-order valence-electron chi connectivity index (χ2n) is 8.40. The number of aromatic nitrogens is 3. The Morgan fingerprint density at radius 1 is 1.12 bits per heavy atom. The summed E-state index contributed by atoms with van der Waals surface area (Å²) in [6, 6.07) is 9.43. The first-order valence-electron chi connectivity index (χ1n) is 10.7. The molecule has 1 aliphatic carbocycles. The van der Waals surface area contributed by atoms with Crippen LogP contribution in [0.1, 0.15) is 31.2 Å². The van der Waals surface area contributed by atoms with Crippen molar-refractivity contribution < 1.29 is 17.2 Å². The van der Waals surface area contributed by atoms with E-state index in [2.05, 4.69) is 24.6 Å². The number of halogens is 2. The van der Waals surface area contributed by atoms with Crippen molar-refractivity contribution in [2.24, 2.45) is 5.92 Å². The maximum absolute atomic E-state index is 14.3. The number of hydrogen-bond donors (Lipinski definition) is 2. The minimum atomic E-state index is -3.80. The van der Waals surface area contributed by atoms with Crippen LogP contribution >= 0.6 is 0 Å². The molecule has 172 valence electrons. The molecule has 1 fully saturated rings. The van der Waals surface area contributed by atoms with Gasteiger partial charge in [-0.15, -0.1) is 0 Å². The van der Waals surface area contributed by atoms with E-state index in [0.29, 0.717) is 12.8 Å². The van der Waals surface area contributed by atoms with E-state index < -0.39 is 22.5 Å². The number of sulfonamides is 1. The fourth-order valence-corrected chi connectivity index (χ4v) is 5.84. The summed E-state index contributed by atoms with van der Waals surface area (Å²) in [5.74, 6) is -2.60. The molecule has 4 rings (SSSR count). The molecule has 0 aliphatic heterocycles. The Morgan fingerprint density at radius 3 is 2.56 bits per heavy atom. The van der Waals surface area contributed by atoms with Gasteiger partial charge in [0.25, 0.3) is 5.92 Å².